The first-order valence-corrected chi connectivity index (χ1v) is 10.0. The van der Waals surface area contributed by atoms with Gasteiger partial charge in [0.05, 0.1) is 5.56 Å². The van der Waals surface area contributed by atoms with E-state index in [1.165, 1.54) is 11.3 Å². The maximum Gasteiger partial charge on any atom is 0.339 e. The lowest BCUT2D eigenvalue weighted by molar-refractivity contribution is 0.0696. The van der Waals surface area contributed by atoms with Gasteiger partial charge in [-0.25, -0.2) is 9.59 Å². The number of carboxylic acid groups (broad SMARTS) is 1. The number of fused-ring (bicyclic) bond motifs is 1. The molecule has 3 rings (SSSR count). The summed E-state index contributed by atoms with van der Waals surface area (Å²) in [5.41, 5.74) is 1.46. The average Bonchev–Trinajstić information content (AvgIpc) is 2.91. The molecule has 1 aliphatic carbocycles. The predicted molar refractivity (Wildman–Crippen MR) is 101 cm³/mol. The van der Waals surface area contributed by atoms with Crippen LogP contribution in [-0.2, 0) is 12.8 Å². The van der Waals surface area contributed by atoms with E-state index in [4.69, 9.17) is 0 Å². The van der Waals surface area contributed by atoms with Crippen molar-refractivity contribution in [3.63, 3.8) is 0 Å². The molecular formula is C19H28N2O3S. The van der Waals surface area contributed by atoms with Crippen LogP contribution in [-0.4, -0.2) is 35.1 Å². The highest BCUT2D eigenvalue weighted by molar-refractivity contribution is 7.17. The molecule has 2 N–H and O–H groups in total. The number of nitrogens with zero attached hydrogens (tertiary/aromatic N) is 1. The Morgan fingerprint density at radius 3 is 2.48 bits per heavy atom. The molecule has 1 atom stereocenters. The lowest BCUT2D eigenvalue weighted by Crippen LogP contribution is -2.38. The normalized spacial score (nSPS) is 20.9. The number of carbonyl (C=O) groups excluding carboxylic acids is 1. The van der Waals surface area contributed by atoms with Crippen molar-refractivity contribution in [2.45, 2.75) is 59.3 Å². The van der Waals surface area contributed by atoms with Crippen LogP contribution < -0.4 is 5.32 Å². The second-order valence-corrected chi connectivity index (χ2v) is 9.40. The molecule has 1 aromatic heterocycles. The Bertz CT molecular complexity index is 669. The number of anilines is 1. The van der Waals surface area contributed by atoms with E-state index in [0.29, 0.717) is 16.5 Å². The number of piperidine rings is 1. The zero-order chi connectivity index (χ0) is 18.2. The van der Waals surface area contributed by atoms with Crippen LogP contribution in [0, 0.1) is 11.3 Å². The predicted octanol–water partition coefficient (Wildman–Crippen LogP) is 4.62. The maximum absolute atomic E-state index is 12.5. The minimum atomic E-state index is -0.930. The van der Waals surface area contributed by atoms with E-state index in [1.54, 1.807) is 4.90 Å². The summed E-state index contributed by atoms with van der Waals surface area (Å²) in [6, 6.07) is -0.159. The van der Waals surface area contributed by atoms with Crippen molar-refractivity contribution in [1.82, 2.24) is 4.90 Å². The molecule has 0 spiro atoms. The average molecular weight is 365 g/mol. The van der Waals surface area contributed by atoms with E-state index in [0.717, 1.165) is 62.1 Å². The molecule has 2 amide bonds. The van der Waals surface area contributed by atoms with Crippen LogP contribution in [0.5, 0.6) is 0 Å². The number of carboxylic acids is 1. The van der Waals surface area contributed by atoms with Crippen LogP contribution >= 0.6 is 11.3 Å². The lowest BCUT2D eigenvalue weighted by Gasteiger charge is -2.33. The van der Waals surface area contributed by atoms with Crippen molar-refractivity contribution in [3.05, 3.63) is 16.0 Å². The molecule has 0 radical (unpaired) electrons. The third-order valence-corrected chi connectivity index (χ3v) is 6.74. The smallest absolute Gasteiger partial charge is 0.339 e. The fraction of sp³-hybridized carbons (Fsp3) is 0.684. The van der Waals surface area contributed by atoms with Crippen molar-refractivity contribution in [1.29, 1.82) is 0 Å². The molecule has 0 saturated carbocycles. The van der Waals surface area contributed by atoms with E-state index in [2.05, 4.69) is 26.1 Å². The highest BCUT2D eigenvalue weighted by Gasteiger charge is 2.34. The van der Waals surface area contributed by atoms with Crippen LogP contribution in [0.25, 0.3) is 0 Å². The highest BCUT2D eigenvalue weighted by atomic mass is 32.1. The summed E-state index contributed by atoms with van der Waals surface area (Å²) < 4.78 is 0. The Morgan fingerprint density at radius 1 is 1.20 bits per heavy atom. The maximum atomic E-state index is 12.5. The summed E-state index contributed by atoms with van der Waals surface area (Å²) in [4.78, 5) is 27.3. The van der Waals surface area contributed by atoms with Gasteiger partial charge in [0.15, 0.2) is 0 Å². The van der Waals surface area contributed by atoms with Gasteiger partial charge in [0, 0.05) is 18.0 Å². The minimum absolute atomic E-state index is 0.159. The van der Waals surface area contributed by atoms with Crippen molar-refractivity contribution in [3.8, 4) is 0 Å². The SMILES string of the molecule is CC(C)(C)C1CCc2c(sc(NC(=O)N3CCCCC3)c2C(=O)O)C1. The zero-order valence-electron chi connectivity index (χ0n) is 15.4. The largest absolute Gasteiger partial charge is 0.478 e. The minimum Gasteiger partial charge on any atom is -0.478 e. The molecule has 138 valence electrons. The molecule has 2 heterocycles. The zero-order valence-corrected chi connectivity index (χ0v) is 16.2. The molecule has 1 aliphatic heterocycles. The van der Waals surface area contributed by atoms with Gasteiger partial charge < -0.3 is 10.0 Å². The van der Waals surface area contributed by atoms with Gasteiger partial charge in [-0.1, -0.05) is 20.8 Å². The number of urea groups is 1. The third kappa shape index (κ3) is 3.84. The number of nitrogens with one attached hydrogen (secondary N) is 1. The molecule has 0 aromatic carbocycles. The molecule has 6 heteroatoms. The van der Waals surface area contributed by atoms with Gasteiger partial charge in [0.1, 0.15) is 5.00 Å². The van der Waals surface area contributed by atoms with Crippen molar-refractivity contribution >= 4 is 28.3 Å². The summed E-state index contributed by atoms with van der Waals surface area (Å²) in [7, 11) is 0. The second-order valence-electron chi connectivity index (χ2n) is 8.30. The van der Waals surface area contributed by atoms with Gasteiger partial charge in [-0.05, 0) is 55.4 Å². The first kappa shape index (κ1) is 18.2. The van der Waals surface area contributed by atoms with Crippen molar-refractivity contribution in [2.75, 3.05) is 18.4 Å². The Labute approximate surface area is 153 Å². The quantitative estimate of drug-likeness (QED) is 0.805. The van der Waals surface area contributed by atoms with E-state index in [-0.39, 0.29) is 11.4 Å². The van der Waals surface area contributed by atoms with Gasteiger partial charge in [-0.3, -0.25) is 5.32 Å². The van der Waals surface area contributed by atoms with E-state index >= 15 is 0 Å². The van der Waals surface area contributed by atoms with Gasteiger partial charge >= 0.3 is 12.0 Å². The summed E-state index contributed by atoms with van der Waals surface area (Å²) in [6.45, 7) is 8.24. The monoisotopic (exact) mass is 364 g/mol. The first-order valence-electron chi connectivity index (χ1n) is 9.21. The number of aromatic carboxylic acids is 1. The van der Waals surface area contributed by atoms with Gasteiger partial charge in [0.2, 0.25) is 0 Å². The lowest BCUT2D eigenvalue weighted by atomic mass is 9.72. The van der Waals surface area contributed by atoms with Gasteiger partial charge in [-0.2, -0.15) is 0 Å². The number of carbonyl (C=O) groups is 2. The molecule has 25 heavy (non-hydrogen) atoms. The number of hydrogen-bond donors (Lipinski definition) is 2. The standard InChI is InChI=1S/C19H28N2O3S/c1-19(2,3)12-7-8-13-14(11-12)25-16(15(13)17(22)23)20-18(24)21-9-5-4-6-10-21/h12H,4-11H2,1-3H3,(H,20,24)(H,22,23). The van der Waals surface area contributed by atoms with Crippen LogP contribution in [0.2, 0.25) is 0 Å². The van der Waals surface area contributed by atoms with Crippen LogP contribution in [0.1, 0.15) is 67.3 Å². The Kier molecular flexibility index (Phi) is 5.09. The Morgan fingerprint density at radius 2 is 1.88 bits per heavy atom. The van der Waals surface area contributed by atoms with Crippen LogP contribution in [0.3, 0.4) is 0 Å². The Hall–Kier alpha value is -1.56. The van der Waals surface area contributed by atoms with E-state index in [9.17, 15) is 14.7 Å². The van der Waals surface area contributed by atoms with Crippen molar-refractivity contribution in [2.24, 2.45) is 11.3 Å². The second kappa shape index (κ2) is 6.98. The first-order chi connectivity index (χ1) is 11.8. The van der Waals surface area contributed by atoms with Crippen LogP contribution in [0.15, 0.2) is 0 Å². The molecule has 1 saturated heterocycles. The summed E-state index contributed by atoms with van der Waals surface area (Å²) in [6.07, 6.45) is 5.90. The molecule has 5 nitrogen and oxygen atoms in total. The topological polar surface area (TPSA) is 69.6 Å². The van der Waals surface area contributed by atoms with Gasteiger partial charge in [-0.15, -0.1) is 11.3 Å². The number of hydrogen-bond acceptors (Lipinski definition) is 3. The highest BCUT2D eigenvalue weighted by Crippen LogP contribution is 2.44. The number of thiophene rings is 1. The fourth-order valence-corrected chi connectivity index (χ4v) is 5.22. The molecule has 1 unspecified atom stereocenters. The molecule has 1 fully saturated rings. The number of likely N-dealkylation sites (tertiary alicyclic amines) is 1. The Balaban J connectivity index is 1.84. The summed E-state index contributed by atoms with van der Waals surface area (Å²) in [5.74, 6) is -0.383. The van der Waals surface area contributed by atoms with E-state index < -0.39 is 5.97 Å². The van der Waals surface area contributed by atoms with E-state index in [1.807, 2.05) is 0 Å². The van der Waals surface area contributed by atoms with Crippen molar-refractivity contribution < 1.29 is 14.7 Å². The third-order valence-electron chi connectivity index (χ3n) is 5.57. The fourth-order valence-electron chi connectivity index (χ4n) is 3.91. The summed E-state index contributed by atoms with van der Waals surface area (Å²) >= 11 is 1.46. The van der Waals surface area contributed by atoms with Crippen LogP contribution in [0.4, 0.5) is 9.80 Å². The summed E-state index contributed by atoms with van der Waals surface area (Å²) in [5, 5.41) is 13.1. The number of amides is 2. The molecule has 0 bridgehead atoms. The van der Waals surface area contributed by atoms with Gasteiger partial charge in [0.25, 0.3) is 0 Å². The molecular weight excluding hydrogens is 336 g/mol. The molecule has 1 aromatic rings. The molecule has 2 aliphatic rings. The number of rotatable bonds is 2.